The smallest absolute Gasteiger partial charge is 0.367 e. The van der Waals surface area contributed by atoms with Crippen LogP contribution in [-0.2, 0) is 20.9 Å². The Kier molecular flexibility index (Phi) is 7.78. The number of rotatable bonds is 7. The summed E-state index contributed by atoms with van der Waals surface area (Å²) >= 11 is 11.7. The van der Waals surface area contributed by atoms with Crippen molar-refractivity contribution in [1.29, 1.82) is 0 Å². The van der Waals surface area contributed by atoms with E-state index in [-0.39, 0.29) is 16.3 Å². The molecule has 8 nitrogen and oxygen atoms in total. The number of carbonyl (C=O) groups is 1. The highest BCUT2D eigenvalue weighted by Gasteiger charge is 2.39. The van der Waals surface area contributed by atoms with Gasteiger partial charge >= 0.3 is 6.18 Å². The Bertz CT molecular complexity index is 1380. The van der Waals surface area contributed by atoms with Crippen molar-refractivity contribution in [2.24, 2.45) is 0 Å². The van der Waals surface area contributed by atoms with E-state index < -0.39 is 55.6 Å². The molecule has 3 rings (SSSR count). The zero-order chi connectivity index (χ0) is 27.1. The summed E-state index contributed by atoms with van der Waals surface area (Å²) in [6, 6.07) is 3.18. The second-order valence-electron chi connectivity index (χ2n) is 7.87. The standard InChI is InChI=1S/C22H20Cl2F3N3O5S/c1-12-6-7-29-21(2,32)18(12)20(31)19-17(8-13(23)10-28-19)30(11-35-3)36(33,34)14-4-5-16(24)15(9-14)22(25,26)27/h4-10,29,32H,11H2,1-3H3. The topological polar surface area (TPSA) is 109 Å². The quantitative estimate of drug-likeness (QED) is 0.375. The summed E-state index contributed by atoms with van der Waals surface area (Å²) in [7, 11) is -3.62. The number of pyridine rings is 1. The van der Waals surface area contributed by atoms with Gasteiger partial charge in [-0.25, -0.2) is 17.7 Å². The van der Waals surface area contributed by atoms with E-state index in [1.54, 1.807) is 6.92 Å². The van der Waals surface area contributed by atoms with E-state index in [1.165, 1.54) is 19.2 Å². The number of nitrogens with zero attached hydrogens (tertiary/aromatic N) is 2. The van der Waals surface area contributed by atoms with Crippen LogP contribution >= 0.6 is 23.2 Å². The van der Waals surface area contributed by atoms with Gasteiger partial charge in [-0.3, -0.25) is 4.79 Å². The number of dihydropyridines is 1. The number of allylic oxidation sites excluding steroid dienone is 2. The number of anilines is 1. The Morgan fingerprint density at radius 3 is 2.53 bits per heavy atom. The lowest BCUT2D eigenvalue weighted by Gasteiger charge is -2.31. The molecule has 2 aromatic rings. The number of ketones is 1. The van der Waals surface area contributed by atoms with Gasteiger partial charge in [0.1, 0.15) is 12.4 Å². The molecule has 1 aliphatic rings. The van der Waals surface area contributed by atoms with Gasteiger partial charge in [0.15, 0.2) is 5.72 Å². The van der Waals surface area contributed by atoms with Crippen molar-refractivity contribution >= 4 is 44.7 Å². The minimum atomic E-state index is -4.93. The number of hydrogen-bond donors (Lipinski definition) is 2. The first-order chi connectivity index (χ1) is 16.6. The van der Waals surface area contributed by atoms with Crippen LogP contribution in [0.15, 0.2) is 58.8 Å². The zero-order valence-corrected chi connectivity index (χ0v) is 21.3. The molecule has 194 valence electrons. The highest BCUT2D eigenvalue weighted by atomic mass is 35.5. The van der Waals surface area contributed by atoms with E-state index in [0.717, 1.165) is 31.5 Å². The highest BCUT2D eigenvalue weighted by Crippen LogP contribution is 2.38. The number of methoxy groups -OCH3 is 1. The molecule has 1 aliphatic heterocycles. The normalized spacial score (nSPS) is 18.2. The van der Waals surface area contributed by atoms with Crippen LogP contribution in [-0.4, -0.2) is 43.9 Å². The van der Waals surface area contributed by atoms with Crippen molar-refractivity contribution in [3.8, 4) is 0 Å². The lowest BCUT2D eigenvalue weighted by atomic mass is 9.90. The number of carbonyl (C=O) groups excluding carboxylic acids is 1. The molecule has 14 heteroatoms. The summed E-state index contributed by atoms with van der Waals surface area (Å²) in [5.74, 6) is -0.843. The van der Waals surface area contributed by atoms with Crippen LogP contribution in [0.1, 0.15) is 29.9 Å². The fraction of sp³-hybridized carbons (Fsp3) is 0.273. The second-order valence-corrected chi connectivity index (χ2v) is 10.6. The van der Waals surface area contributed by atoms with E-state index in [1.807, 2.05) is 0 Å². The third kappa shape index (κ3) is 5.37. The number of aliphatic hydroxyl groups is 1. The first kappa shape index (κ1) is 27.9. The molecule has 1 aromatic carbocycles. The van der Waals surface area contributed by atoms with Crippen LogP contribution in [0, 0.1) is 0 Å². The number of sulfonamides is 1. The molecule has 0 amide bonds. The summed E-state index contributed by atoms with van der Waals surface area (Å²) in [5, 5.41) is 12.6. The number of benzene rings is 1. The van der Waals surface area contributed by atoms with Crippen molar-refractivity contribution < 1.29 is 36.2 Å². The first-order valence-corrected chi connectivity index (χ1v) is 12.3. The van der Waals surface area contributed by atoms with Crippen molar-refractivity contribution in [2.75, 3.05) is 18.1 Å². The van der Waals surface area contributed by atoms with Gasteiger partial charge in [-0.05, 0) is 56.0 Å². The molecule has 1 unspecified atom stereocenters. The van der Waals surface area contributed by atoms with Gasteiger partial charge in [0.25, 0.3) is 10.0 Å². The molecule has 0 bridgehead atoms. The van der Waals surface area contributed by atoms with Gasteiger partial charge in [-0.2, -0.15) is 13.2 Å². The fourth-order valence-electron chi connectivity index (χ4n) is 3.58. The number of halogens is 5. The third-order valence-electron chi connectivity index (χ3n) is 5.20. The Morgan fingerprint density at radius 2 is 1.94 bits per heavy atom. The fourth-order valence-corrected chi connectivity index (χ4v) is 5.36. The lowest BCUT2D eigenvalue weighted by Crippen LogP contribution is -2.46. The molecule has 2 heterocycles. The monoisotopic (exact) mass is 565 g/mol. The maximum atomic E-state index is 13.5. The molecule has 0 aliphatic carbocycles. The van der Waals surface area contributed by atoms with E-state index in [9.17, 15) is 31.5 Å². The highest BCUT2D eigenvalue weighted by molar-refractivity contribution is 7.92. The third-order valence-corrected chi connectivity index (χ3v) is 7.47. The number of nitrogens with one attached hydrogen (secondary N) is 1. The Morgan fingerprint density at radius 1 is 1.28 bits per heavy atom. The number of ether oxygens (including phenoxy) is 1. The van der Waals surface area contributed by atoms with E-state index in [4.69, 9.17) is 27.9 Å². The summed E-state index contributed by atoms with van der Waals surface area (Å²) in [6.45, 7) is 2.17. The second kappa shape index (κ2) is 10.0. The average molecular weight is 566 g/mol. The Hall–Kier alpha value is -2.64. The summed E-state index contributed by atoms with van der Waals surface area (Å²) in [5.41, 5.74) is -3.74. The Labute approximate surface area is 215 Å². The predicted molar refractivity (Wildman–Crippen MR) is 127 cm³/mol. The molecule has 0 saturated heterocycles. The molecule has 0 saturated carbocycles. The largest absolute Gasteiger partial charge is 0.417 e. The predicted octanol–water partition coefficient (Wildman–Crippen LogP) is 4.53. The summed E-state index contributed by atoms with van der Waals surface area (Å²) in [4.78, 5) is 16.8. The number of hydrogen-bond acceptors (Lipinski definition) is 7. The van der Waals surface area contributed by atoms with Crippen molar-refractivity contribution in [3.63, 3.8) is 0 Å². The van der Waals surface area contributed by atoms with Gasteiger partial charge in [-0.1, -0.05) is 23.2 Å². The van der Waals surface area contributed by atoms with Crippen LogP contribution < -0.4 is 9.62 Å². The molecule has 0 radical (unpaired) electrons. The van der Waals surface area contributed by atoms with Crippen LogP contribution in [0.3, 0.4) is 0 Å². The van der Waals surface area contributed by atoms with Gasteiger partial charge in [0.05, 0.1) is 31.8 Å². The van der Waals surface area contributed by atoms with Crippen LogP contribution in [0.2, 0.25) is 10.0 Å². The minimum Gasteiger partial charge on any atom is -0.367 e. The molecular formula is C22H20Cl2F3N3O5S. The van der Waals surface area contributed by atoms with Crippen LogP contribution in [0.5, 0.6) is 0 Å². The maximum absolute atomic E-state index is 13.5. The molecule has 36 heavy (non-hydrogen) atoms. The van der Waals surface area contributed by atoms with E-state index >= 15 is 0 Å². The summed E-state index contributed by atoms with van der Waals surface area (Å²) in [6.07, 6.45) is -0.874. The first-order valence-electron chi connectivity index (χ1n) is 10.1. The average Bonchev–Trinajstić information content (AvgIpc) is 2.75. The number of Topliss-reactive ketones (excluding diaryl/α,β-unsaturated/α-hetero) is 1. The number of alkyl halides is 3. The lowest BCUT2D eigenvalue weighted by molar-refractivity contribution is -0.137. The molecule has 1 aromatic heterocycles. The van der Waals surface area contributed by atoms with E-state index in [0.29, 0.717) is 15.9 Å². The SMILES string of the molecule is COCN(c1cc(Cl)cnc1C(=O)C1=C(C)C=CNC1(C)O)S(=O)(=O)c1ccc(Cl)c(C(F)(F)F)c1. The van der Waals surface area contributed by atoms with E-state index in [2.05, 4.69) is 10.3 Å². The van der Waals surface area contributed by atoms with Crippen molar-refractivity contribution in [2.45, 2.75) is 30.6 Å². The molecule has 1 atom stereocenters. The van der Waals surface area contributed by atoms with Crippen LogP contribution in [0.25, 0.3) is 0 Å². The number of aromatic nitrogens is 1. The molecular weight excluding hydrogens is 546 g/mol. The molecule has 0 spiro atoms. The summed E-state index contributed by atoms with van der Waals surface area (Å²) < 4.78 is 72.8. The Balaban J connectivity index is 2.23. The van der Waals surface area contributed by atoms with Crippen molar-refractivity contribution in [1.82, 2.24) is 10.3 Å². The minimum absolute atomic E-state index is 0.0657. The van der Waals surface area contributed by atoms with Gasteiger partial charge in [-0.15, -0.1) is 0 Å². The molecule has 2 N–H and O–H groups in total. The zero-order valence-electron chi connectivity index (χ0n) is 19.0. The van der Waals surface area contributed by atoms with Gasteiger partial charge in [0, 0.05) is 13.3 Å². The van der Waals surface area contributed by atoms with Crippen molar-refractivity contribution in [3.05, 3.63) is 75.2 Å². The van der Waals surface area contributed by atoms with Gasteiger partial charge in [0.2, 0.25) is 5.78 Å². The molecule has 0 fully saturated rings. The van der Waals surface area contributed by atoms with Gasteiger partial charge < -0.3 is 15.2 Å². The van der Waals surface area contributed by atoms with Crippen LogP contribution in [0.4, 0.5) is 18.9 Å². The maximum Gasteiger partial charge on any atom is 0.417 e.